The topological polar surface area (TPSA) is 65.5 Å². The lowest BCUT2D eigenvalue weighted by molar-refractivity contribution is -0.127. The summed E-state index contributed by atoms with van der Waals surface area (Å²) in [7, 11) is 0. The molecular weight excluding hydrogens is 400 g/mol. The van der Waals surface area contributed by atoms with Gasteiger partial charge < -0.3 is 15.1 Å². The standard InChI is InChI=1S/C26H28N4O2/c31-25-11-5-14-29(25)15-6-13-27-26(32)22-17-24(28-23-10-4-3-9-21(22)23)30-16-12-19-7-1-2-8-20(19)18-30/h1-4,7-10,17H,5-6,11-16,18H2,(H,27,32). The van der Waals surface area contributed by atoms with Crippen LogP contribution in [0.3, 0.4) is 0 Å². The minimum absolute atomic E-state index is 0.0880. The molecule has 1 fully saturated rings. The third-order valence-corrected chi connectivity index (χ3v) is 6.46. The van der Waals surface area contributed by atoms with Crippen LogP contribution < -0.4 is 10.2 Å². The predicted molar refractivity (Wildman–Crippen MR) is 126 cm³/mol. The van der Waals surface area contributed by atoms with E-state index in [1.165, 1.54) is 11.1 Å². The fraction of sp³-hybridized carbons (Fsp3) is 0.346. The van der Waals surface area contributed by atoms with Crippen molar-refractivity contribution in [3.63, 3.8) is 0 Å². The molecule has 2 aliphatic heterocycles. The summed E-state index contributed by atoms with van der Waals surface area (Å²) in [5.74, 6) is 0.977. The Labute approximate surface area is 188 Å². The number of anilines is 1. The van der Waals surface area contributed by atoms with Gasteiger partial charge in [-0.05, 0) is 42.5 Å². The Kier molecular flexibility index (Phi) is 5.75. The number of rotatable bonds is 6. The largest absolute Gasteiger partial charge is 0.352 e. The van der Waals surface area contributed by atoms with Crippen molar-refractivity contribution in [1.82, 2.24) is 15.2 Å². The van der Waals surface area contributed by atoms with Gasteiger partial charge in [-0.25, -0.2) is 4.98 Å². The summed E-state index contributed by atoms with van der Waals surface area (Å²) in [5.41, 5.74) is 4.19. The van der Waals surface area contributed by atoms with Crippen LogP contribution in [0.4, 0.5) is 5.82 Å². The van der Waals surface area contributed by atoms with Gasteiger partial charge in [0.1, 0.15) is 5.82 Å². The van der Waals surface area contributed by atoms with Gasteiger partial charge in [-0.3, -0.25) is 9.59 Å². The van der Waals surface area contributed by atoms with Crippen LogP contribution in [-0.4, -0.2) is 47.9 Å². The number of hydrogen-bond donors (Lipinski definition) is 1. The number of nitrogens with zero attached hydrogens (tertiary/aromatic N) is 3. The SMILES string of the molecule is O=C(NCCCN1CCCC1=O)c1cc(N2CCc3ccccc3C2)nc2ccccc12. The zero-order valence-corrected chi connectivity index (χ0v) is 18.2. The molecule has 0 atom stereocenters. The van der Waals surface area contributed by atoms with E-state index >= 15 is 0 Å². The minimum atomic E-state index is -0.0880. The van der Waals surface area contributed by atoms with Crippen molar-refractivity contribution in [3.8, 4) is 0 Å². The minimum Gasteiger partial charge on any atom is -0.352 e. The van der Waals surface area contributed by atoms with E-state index in [-0.39, 0.29) is 11.8 Å². The fourth-order valence-corrected chi connectivity index (χ4v) is 4.71. The monoisotopic (exact) mass is 428 g/mol. The third kappa shape index (κ3) is 4.17. The number of carbonyl (C=O) groups is 2. The highest BCUT2D eigenvalue weighted by Crippen LogP contribution is 2.27. The Bertz CT molecular complexity index is 1160. The van der Waals surface area contributed by atoms with Crippen LogP contribution in [0.25, 0.3) is 10.9 Å². The van der Waals surface area contributed by atoms with Crippen LogP contribution in [0.15, 0.2) is 54.6 Å². The second-order valence-corrected chi connectivity index (χ2v) is 8.58. The summed E-state index contributed by atoms with van der Waals surface area (Å²) in [6.07, 6.45) is 3.33. The molecule has 1 aromatic heterocycles. The molecule has 6 nitrogen and oxygen atoms in total. The average molecular weight is 429 g/mol. The van der Waals surface area contributed by atoms with Crippen molar-refractivity contribution in [2.24, 2.45) is 0 Å². The number of carbonyl (C=O) groups excluding carboxylic acids is 2. The Morgan fingerprint density at radius 1 is 1.00 bits per heavy atom. The Morgan fingerprint density at radius 3 is 2.66 bits per heavy atom. The van der Waals surface area contributed by atoms with Crippen LogP contribution in [0, 0.1) is 0 Å². The molecular formula is C26H28N4O2. The van der Waals surface area contributed by atoms with Crippen LogP contribution in [0.2, 0.25) is 0 Å². The van der Waals surface area contributed by atoms with E-state index in [1.54, 1.807) is 0 Å². The van der Waals surface area contributed by atoms with E-state index < -0.39 is 0 Å². The highest BCUT2D eigenvalue weighted by atomic mass is 16.2. The third-order valence-electron chi connectivity index (χ3n) is 6.46. The van der Waals surface area contributed by atoms with E-state index in [0.29, 0.717) is 25.1 Å². The number of likely N-dealkylation sites (tertiary alicyclic amines) is 1. The van der Waals surface area contributed by atoms with Crippen LogP contribution in [0.1, 0.15) is 40.7 Å². The van der Waals surface area contributed by atoms with Gasteiger partial charge in [0.15, 0.2) is 0 Å². The number of para-hydroxylation sites is 1. The number of pyridine rings is 1. The summed E-state index contributed by atoms with van der Waals surface area (Å²) in [6.45, 7) is 3.77. The van der Waals surface area contributed by atoms with Gasteiger partial charge in [-0.15, -0.1) is 0 Å². The second kappa shape index (κ2) is 8.99. The van der Waals surface area contributed by atoms with Crippen molar-refractivity contribution in [3.05, 3.63) is 71.3 Å². The lowest BCUT2D eigenvalue weighted by atomic mass is 9.99. The maximum Gasteiger partial charge on any atom is 0.252 e. The molecule has 164 valence electrons. The first-order chi connectivity index (χ1) is 15.7. The molecule has 0 spiro atoms. The molecule has 32 heavy (non-hydrogen) atoms. The molecule has 0 unspecified atom stereocenters. The molecule has 6 heteroatoms. The van der Waals surface area contributed by atoms with Gasteiger partial charge in [0.25, 0.3) is 5.91 Å². The van der Waals surface area contributed by atoms with E-state index in [1.807, 2.05) is 35.2 Å². The molecule has 0 bridgehead atoms. The van der Waals surface area contributed by atoms with E-state index in [2.05, 4.69) is 34.5 Å². The van der Waals surface area contributed by atoms with Crippen molar-refractivity contribution in [1.29, 1.82) is 0 Å². The molecule has 0 radical (unpaired) electrons. The molecule has 3 heterocycles. The first kappa shape index (κ1) is 20.5. The summed E-state index contributed by atoms with van der Waals surface area (Å²) in [5, 5.41) is 3.91. The lowest BCUT2D eigenvalue weighted by Gasteiger charge is -2.30. The smallest absolute Gasteiger partial charge is 0.252 e. The fourth-order valence-electron chi connectivity index (χ4n) is 4.71. The Morgan fingerprint density at radius 2 is 1.81 bits per heavy atom. The first-order valence-corrected chi connectivity index (χ1v) is 11.5. The number of nitrogens with one attached hydrogen (secondary N) is 1. The summed E-state index contributed by atoms with van der Waals surface area (Å²) in [4.78, 5) is 33.9. The van der Waals surface area contributed by atoms with Gasteiger partial charge in [0.2, 0.25) is 5.91 Å². The maximum absolute atomic E-state index is 13.1. The molecule has 1 saturated heterocycles. The van der Waals surface area contributed by atoms with Gasteiger partial charge in [0.05, 0.1) is 11.1 Å². The highest BCUT2D eigenvalue weighted by molar-refractivity contribution is 6.07. The molecule has 5 rings (SSSR count). The van der Waals surface area contributed by atoms with Crippen molar-refractivity contribution < 1.29 is 9.59 Å². The normalized spacial score (nSPS) is 15.8. The van der Waals surface area contributed by atoms with Crippen LogP contribution in [-0.2, 0) is 17.8 Å². The molecule has 0 aliphatic carbocycles. The number of amides is 2. The van der Waals surface area contributed by atoms with Gasteiger partial charge in [0, 0.05) is 44.5 Å². The Balaban J connectivity index is 1.33. The highest BCUT2D eigenvalue weighted by Gasteiger charge is 2.21. The van der Waals surface area contributed by atoms with E-state index in [9.17, 15) is 9.59 Å². The number of hydrogen-bond acceptors (Lipinski definition) is 4. The van der Waals surface area contributed by atoms with E-state index in [4.69, 9.17) is 4.98 Å². The van der Waals surface area contributed by atoms with Gasteiger partial charge in [-0.2, -0.15) is 0 Å². The molecule has 2 amide bonds. The summed E-state index contributed by atoms with van der Waals surface area (Å²) >= 11 is 0. The van der Waals surface area contributed by atoms with Crippen LogP contribution >= 0.6 is 0 Å². The average Bonchev–Trinajstić information content (AvgIpc) is 3.25. The number of benzene rings is 2. The summed E-state index contributed by atoms with van der Waals surface area (Å²) in [6, 6.07) is 18.3. The quantitative estimate of drug-likeness (QED) is 0.610. The maximum atomic E-state index is 13.1. The molecule has 1 N–H and O–H groups in total. The molecule has 2 aliphatic rings. The molecule has 0 saturated carbocycles. The van der Waals surface area contributed by atoms with Crippen LogP contribution in [0.5, 0.6) is 0 Å². The number of aromatic nitrogens is 1. The molecule has 2 aromatic carbocycles. The van der Waals surface area contributed by atoms with Crippen molar-refractivity contribution in [2.45, 2.75) is 32.2 Å². The first-order valence-electron chi connectivity index (χ1n) is 11.5. The van der Waals surface area contributed by atoms with Crippen molar-refractivity contribution >= 4 is 28.5 Å². The zero-order chi connectivity index (χ0) is 21.9. The predicted octanol–water partition coefficient (Wildman–Crippen LogP) is 3.54. The van der Waals surface area contributed by atoms with Gasteiger partial charge >= 0.3 is 0 Å². The molecule has 3 aromatic rings. The Hall–Kier alpha value is -3.41. The van der Waals surface area contributed by atoms with E-state index in [0.717, 1.165) is 55.6 Å². The van der Waals surface area contributed by atoms with Gasteiger partial charge in [-0.1, -0.05) is 42.5 Å². The lowest BCUT2D eigenvalue weighted by Crippen LogP contribution is -2.32. The summed E-state index contributed by atoms with van der Waals surface area (Å²) < 4.78 is 0. The van der Waals surface area contributed by atoms with Crippen molar-refractivity contribution in [2.75, 3.05) is 31.1 Å². The zero-order valence-electron chi connectivity index (χ0n) is 18.2. The second-order valence-electron chi connectivity index (χ2n) is 8.58. The number of fused-ring (bicyclic) bond motifs is 2.